The number of hydrogen-bond donors (Lipinski definition) is 3. The van der Waals surface area contributed by atoms with E-state index >= 15 is 0 Å². The van der Waals surface area contributed by atoms with Crippen molar-refractivity contribution in [1.29, 1.82) is 0 Å². The first-order valence-corrected chi connectivity index (χ1v) is 12.3. The first-order valence-electron chi connectivity index (χ1n) is 10.8. The highest BCUT2D eigenvalue weighted by molar-refractivity contribution is 7.89. The van der Waals surface area contributed by atoms with Gasteiger partial charge in [-0.05, 0) is 55.0 Å². The van der Waals surface area contributed by atoms with Crippen LogP contribution in [0.15, 0.2) is 53.6 Å². The third-order valence-electron chi connectivity index (χ3n) is 5.94. The molecule has 2 aromatic carbocycles. The number of aromatic nitrogens is 3. The molecule has 0 saturated heterocycles. The van der Waals surface area contributed by atoms with E-state index in [4.69, 9.17) is 5.73 Å². The molecule has 174 valence electrons. The third kappa shape index (κ3) is 5.13. The summed E-state index contributed by atoms with van der Waals surface area (Å²) in [7, 11) is -3.93. The molecule has 0 radical (unpaired) electrons. The Morgan fingerprint density at radius 1 is 1.27 bits per heavy atom. The largest absolute Gasteiger partial charge is 0.392 e. The summed E-state index contributed by atoms with van der Waals surface area (Å²) in [5.41, 5.74) is 10.1. The molecule has 0 spiro atoms. The van der Waals surface area contributed by atoms with Gasteiger partial charge in [-0.15, -0.1) is 5.10 Å². The Kier molecular flexibility index (Phi) is 6.59. The number of hydrogen-bond acceptors (Lipinski definition) is 6. The van der Waals surface area contributed by atoms with E-state index in [0.29, 0.717) is 5.69 Å². The lowest BCUT2D eigenvalue weighted by Gasteiger charge is -2.25. The van der Waals surface area contributed by atoms with Gasteiger partial charge in [0.1, 0.15) is 6.04 Å². The van der Waals surface area contributed by atoms with Crippen LogP contribution < -0.4 is 10.5 Å². The van der Waals surface area contributed by atoms with Crippen LogP contribution in [0.4, 0.5) is 0 Å². The highest BCUT2D eigenvalue weighted by Gasteiger charge is 2.27. The number of amides is 1. The molecule has 4 rings (SSSR count). The molecule has 0 aliphatic heterocycles. The highest BCUT2D eigenvalue weighted by Crippen LogP contribution is 2.33. The molecule has 4 N–H and O–H groups in total. The minimum atomic E-state index is -3.93. The van der Waals surface area contributed by atoms with Gasteiger partial charge in [0.25, 0.3) is 0 Å². The Morgan fingerprint density at radius 3 is 2.73 bits per heavy atom. The number of carbonyl (C=O) groups excluding carboxylic acids is 1. The van der Waals surface area contributed by atoms with Crippen LogP contribution in [0.1, 0.15) is 46.8 Å². The second-order valence-corrected chi connectivity index (χ2v) is 10.1. The second kappa shape index (κ2) is 9.42. The van der Waals surface area contributed by atoms with Crippen LogP contribution in [0.2, 0.25) is 0 Å². The van der Waals surface area contributed by atoms with E-state index in [1.165, 1.54) is 17.7 Å². The lowest BCUT2D eigenvalue weighted by molar-refractivity contribution is -0.119. The molecule has 0 bridgehead atoms. The van der Waals surface area contributed by atoms with Crippen molar-refractivity contribution in [3.8, 4) is 0 Å². The van der Waals surface area contributed by atoms with Crippen LogP contribution in [0.25, 0.3) is 0 Å². The molecule has 1 unspecified atom stereocenters. The number of benzene rings is 2. The van der Waals surface area contributed by atoms with Crippen molar-refractivity contribution >= 4 is 15.9 Å². The zero-order valence-electron chi connectivity index (χ0n) is 18.3. The van der Waals surface area contributed by atoms with E-state index in [0.717, 1.165) is 36.0 Å². The second-order valence-electron chi connectivity index (χ2n) is 8.38. The third-order valence-corrected chi connectivity index (χ3v) is 7.42. The van der Waals surface area contributed by atoms with Crippen LogP contribution in [0, 0.1) is 6.92 Å². The maximum atomic E-state index is 12.7. The fraction of sp³-hybridized carbons (Fsp3) is 0.348. The monoisotopic (exact) mass is 469 g/mol. The normalized spacial score (nSPS) is 16.8. The van der Waals surface area contributed by atoms with Crippen molar-refractivity contribution in [2.24, 2.45) is 5.73 Å². The Morgan fingerprint density at radius 2 is 2.03 bits per heavy atom. The Labute approximate surface area is 192 Å². The van der Waals surface area contributed by atoms with E-state index in [-0.39, 0.29) is 24.0 Å². The standard InChI is InChI=1S/C23H27N5O4S/c1-15-5-8-19(9-6-15)33(31,32)26-21(23(24)30)12-18-13-28(27-25-18)22-4-2-3-17-11-16(14-29)7-10-20(17)22/h5-11,13,21-22,26,29H,2-4,12,14H2,1H3,(H2,24,30)/t21?,22-/m1/s1. The first kappa shape index (κ1) is 23.1. The predicted molar refractivity (Wildman–Crippen MR) is 122 cm³/mol. The van der Waals surface area contributed by atoms with Crippen molar-refractivity contribution in [3.05, 3.63) is 76.6 Å². The van der Waals surface area contributed by atoms with E-state index in [9.17, 15) is 18.3 Å². The van der Waals surface area contributed by atoms with E-state index < -0.39 is 22.0 Å². The van der Waals surface area contributed by atoms with Gasteiger partial charge in [-0.1, -0.05) is 41.1 Å². The molecule has 10 heteroatoms. The zero-order valence-corrected chi connectivity index (χ0v) is 19.1. The van der Waals surface area contributed by atoms with Gasteiger partial charge in [0.15, 0.2) is 0 Å². The van der Waals surface area contributed by atoms with E-state index in [1.807, 2.05) is 25.1 Å². The van der Waals surface area contributed by atoms with Crippen LogP contribution in [0.3, 0.4) is 0 Å². The minimum absolute atomic E-state index is 0.00157. The molecule has 1 aromatic heterocycles. The van der Waals surface area contributed by atoms with Gasteiger partial charge in [0.05, 0.1) is 23.2 Å². The molecular formula is C23H27N5O4S. The number of rotatable bonds is 8. The number of aliphatic hydroxyl groups is 1. The molecule has 1 amide bonds. The number of primary amides is 1. The molecule has 9 nitrogen and oxygen atoms in total. The first-order chi connectivity index (χ1) is 15.8. The fourth-order valence-electron chi connectivity index (χ4n) is 4.16. The predicted octanol–water partition coefficient (Wildman–Crippen LogP) is 1.38. The summed E-state index contributed by atoms with van der Waals surface area (Å²) in [6, 6.07) is 11.1. The van der Waals surface area contributed by atoms with Gasteiger partial charge in [-0.25, -0.2) is 13.1 Å². The van der Waals surface area contributed by atoms with E-state index in [2.05, 4.69) is 15.0 Å². The summed E-state index contributed by atoms with van der Waals surface area (Å²) in [5, 5.41) is 17.8. The van der Waals surface area contributed by atoms with Crippen LogP contribution >= 0.6 is 0 Å². The topological polar surface area (TPSA) is 140 Å². The average Bonchev–Trinajstić information content (AvgIpc) is 3.26. The summed E-state index contributed by atoms with van der Waals surface area (Å²) < 4.78 is 29.6. The van der Waals surface area contributed by atoms with Crippen molar-refractivity contribution in [1.82, 2.24) is 19.7 Å². The van der Waals surface area contributed by atoms with Gasteiger partial charge in [-0.3, -0.25) is 4.79 Å². The summed E-state index contributed by atoms with van der Waals surface area (Å²) in [4.78, 5) is 12.1. The Balaban J connectivity index is 1.52. The van der Waals surface area contributed by atoms with Gasteiger partial charge in [0, 0.05) is 12.6 Å². The summed E-state index contributed by atoms with van der Waals surface area (Å²) in [6.07, 6.45) is 4.51. The number of sulfonamides is 1. The van der Waals surface area contributed by atoms with E-state index in [1.54, 1.807) is 23.0 Å². The average molecular weight is 470 g/mol. The molecule has 1 aliphatic rings. The fourth-order valence-corrected chi connectivity index (χ4v) is 5.36. The molecular weight excluding hydrogens is 442 g/mol. The lowest BCUT2D eigenvalue weighted by atomic mass is 9.86. The minimum Gasteiger partial charge on any atom is -0.392 e. The maximum absolute atomic E-state index is 12.7. The van der Waals surface area contributed by atoms with Crippen molar-refractivity contribution in [2.75, 3.05) is 0 Å². The smallest absolute Gasteiger partial charge is 0.241 e. The molecule has 0 saturated carbocycles. The molecule has 1 heterocycles. The van der Waals surface area contributed by atoms with Crippen molar-refractivity contribution < 1.29 is 18.3 Å². The number of fused-ring (bicyclic) bond motifs is 1. The molecule has 2 atom stereocenters. The lowest BCUT2D eigenvalue weighted by Crippen LogP contribution is -2.45. The number of nitrogens with two attached hydrogens (primary N) is 1. The Hall–Kier alpha value is -3.08. The van der Waals surface area contributed by atoms with Gasteiger partial charge < -0.3 is 10.8 Å². The summed E-state index contributed by atoms with van der Waals surface area (Å²) >= 11 is 0. The Bertz CT molecular complexity index is 1250. The van der Waals surface area contributed by atoms with Crippen LogP contribution in [-0.4, -0.2) is 40.5 Å². The van der Waals surface area contributed by atoms with Crippen molar-refractivity contribution in [2.45, 2.75) is 56.2 Å². The molecule has 33 heavy (non-hydrogen) atoms. The molecule has 3 aromatic rings. The number of carbonyl (C=O) groups is 1. The maximum Gasteiger partial charge on any atom is 0.241 e. The van der Waals surface area contributed by atoms with Crippen LogP contribution in [0.5, 0.6) is 0 Å². The van der Waals surface area contributed by atoms with Gasteiger partial charge in [0.2, 0.25) is 15.9 Å². The quantitative estimate of drug-likeness (QED) is 0.455. The zero-order chi connectivity index (χ0) is 23.6. The van der Waals surface area contributed by atoms with Gasteiger partial charge >= 0.3 is 0 Å². The molecule has 0 fully saturated rings. The van der Waals surface area contributed by atoms with Crippen molar-refractivity contribution in [3.63, 3.8) is 0 Å². The molecule has 1 aliphatic carbocycles. The van der Waals surface area contributed by atoms with Gasteiger partial charge in [-0.2, -0.15) is 4.72 Å². The number of nitrogens with zero attached hydrogens (tertiary/aromatic N) is 3. The number of aliphatic hydroxyl groups excluding tert-OH is 1. The number of nitrogens with one attached hydrogen (secondary N) is 1. The summed E-state index contributed by atoms with van der Waals surface area (Å²) in [6.45, 7) is 1.86. The summed E-state index contributed by atoms with van der Waals surface area (Å²) in [5.74, 6) is -0.792. The highest BCUT2D eigenvalue weighted by atomic mass is 32.2. The van der Waals surface area contributed by atoms with Crippen LogP contribution in [-0.2, 0) is 34.3 Å². The number of aryl methyl sites for hydroxylation is 2. The SMILES string of the molecule is Cc1ccc(S(=O)(=O)NC(Cc2cn([C@@H]3CCCc4cc(CO)ccc43)nn2)C(N)=O)cc1.